The van der Waals surface area contributed by atoms with Gasteiger partial charge in [-0.15, -0.1) is 0 Å². The number of nitrogens with zero attached hydrogens (tertiary/aromatic N) is 1. The summed E-state index contributed by atoms with van der Waals surface area (Å²) in [5, 5.41) is 28.1. The van der Waals surface area contributed by atoms with Crippen LogP contribution < -0.4 is 25.6 Å². The second kappa shape index (κ2) is 15.7. The molecule has 2 aromatic carbocycles. The Balaban J connectivity index is 1.56. The predicted octanol–water partition coefficient (Wildman–Crippen LogP) is 1.75. The van der Waals surface area contributed by atoms with Crippen molar-refractivity contribution in [1.82, 2.24) is 16.0 Å². The van der Waals surface area contributed by atoms with Gasteiger partial charge in [0.15, 0.2) is 0 Å². The first-order chi connectivity index (χ1) is 22.0. The van der Waals surface area contributed by atoms with E-state index in [1.807, 2.05) is 69.3 Å². The van der Waals surface area contributed by atoms with Gasteiger partial charge in [0.25, 0.3) is 0 Å². The topological polar surface area (TPSA) is 157 Å². The molecule has 0 saturated carbocycles. The zero-order valence-electron chi connectivity index (χ0n) is 26.7. The fraction of sp³-hybridized carbons (Fsp3) is 0.441. The van der Waals surface area contributed by atoms with Gasteiger partial charge in [0.05, 0.1) is 37.3 Å². The van der Waals surface area contributed by atoms with Crippen molar-refractivity contribution >= 4 is 38.2 Å². The number of fused-ring (bicyclic) bond motifs is 1. The smallest absolute Gasteiger partial charge is 0.249 e. The number of rotatable bonds is 13. The number of ether oxygens (including phenoxy) is 1. The van der Waals surface area contributed by atoms with Crippen molar-refractivity contribution < 1.29 is 33.0 Å². The van der Waals surface area contributed by atoms with Gasteiger partial charge in [-0.25, -0.2) is 0 Å². The first-order valence-electron chi connectivity index (χ1n) is 15.4. The third-order valence-electron chi connectivity index (χ3n) is 8.17. The van der Waals surface area contributed by atoms with Crippen LogP contribution in [0.25, 0.3) is 5.57 Å². The highest BCUT2D eigenvalue weighted by molar-refractivity contribution is 7.73. The number of likely N-dealkylation sites (N-methyl/N-ethyl adjacent to an activating group) is 1. The lowest BCUT2D eigenvalue weighted by molar-refractivity contribution is -0.128. The second-order valence-corrected chi connectivity index (χ2v) is 13.1. The molecule has 2 amide bonds. The van der Waals surface area contributed by atoms with Crippen LogP contribution in [-0.2, 0) is 32.8 Å². The highest BCUT2D eigenvalue weighted by Crippen LogP contribution is 2.32. The second-order valence-electron chi connectivity index (χ2n) is 12.2. The maximum Gasteiger partial charge on any atom is 0.249 e. The van der Waals surface area contributed by atoms with Gasteiger partial charge < -0.3 is 35.8 Å². The summed E-state index contributed by atoms with van der Waals surface area (Å²) in [7, 11) is -0.771. The van der Waals surface area contributed by atoms with Gasteiger partial charge in [0, 0.05) is 24.2 Å². The fourth-order valence-corrected chi connectivity index (χ4v) is 6.35. The number of carbonyl (C=O) groups is 2. The van der Waals surface area contributed by atoms with Crippen molar-refractivity contribution in [2.45, 2.75) is 70.3 Å². The lowest BCUT2D eigenvalue weighted by atomic mass is 9.91. The molecule has 12 heteroatoms. The Morgan fingerprint density at radius 1 is 1.17 bits per heavy atom. The van der Waals surface area contributed by atoms with Gasteiger partial charge in [0.1, 0.15) is 11.8 Å². The minimum Gasteiger partial charge on any atom is -0.497 e. The molecule has 1 unspecified atom stereocenters. The van der Waals surface area contributed by atoms with E-state index < -0.39 is 34.0 Å². The summed E-state index contributed by atoms with van der Waals surface area (Å²) in [4.78, 5) is 29.2. The molecule has 1 heterocycles. The van der Waals surface area contributed by atoms with Gasteiger partial charge in [0.2, 0.25) is 22.1 Å². The molecule has 0 fully saturated rings. The minimum absolute atomic E-state index is 0.0646. The standard InChI is InChI=1S/C34H44N4O7S/c1-5-35-32-27(7-6-8-30(32)46(43)44)23-11-9-22(10-12-23)20-38-29-16-14-26(45-4)17-24(29)13-15-28(33(38)42)37-31(41)18-34(2,3)36-19-25(40)21-39/h6-12,14,16-17,25,28,32,35-36,39-40H,5,13,15,18-21H2,1-4H3,(H,37,41)/t25-,28+,32?/m0/s1. The van der Waals surface area contributed by atoms with E-state index in [0.717, 1.165) is 28.0 Å². The van der Waals surface area contributed by atoms with Crippen LogP contribution in [0.4, 0.5) is 5.69 Å². The Labute approximate surface area is 271 Å². The summed E-state index contributed by atoms with van der Waals surface area (Å²) in [6, 6.07) is 12.1. The number of hydrogen-bond acceptors (Lipinski definition) is 9. The monoisotopic (exact) mass is 652 g/mol. The van der Waals surface area contributed by atoms with Crippen molar-refractivity contribution in [3.63, 3.8) is 0 Å². The molecule has 1 aliphatic carbocycles. The molecule has 0 spiro atoms. The molecule has 0 saturated heterocycles. The molecule has 0 aromatic heterocycles. The molecule has 3 atom stereocenters. The van der Waals surface area contributed by atoms with Crippen LogP contribution in [0.1, 0.15) is 50.3 Å². The number of nitrogens with one attached hydrogen (secondary N) is 3. The zero-order chi connectivity index (χ0) is 33.4. The Morgan fingerprint density at radius 3 is 2.57 bits per heavy atom. The summed E-state index contributed by atoms with van der Waals surface area (Å²) < 4.78 is 29.2. The van der Waals surface area contributed by atoms with E-state index in [1.54, 1.807) is 24.2 Å². The molecule has 11 nitrogen and oxygen atoms in total. The Hall–Kier alpha value is -3.81. The lowest BCUT2D eigenvalue weighted by Gasteiger charge is -2.29. The third-order valence-corrected chi connectivity index (χ3v) is 8.93. The van der Waals surface area contributed by atoms with Crippen molar-refractivity contribution in [3.8, 4) is 5.75 Å². The summed E-state index contributed by atoms with van der Waals surface area (Å²) in [6.45, 7) is 6.16. The summed E-state index contributed by atoms with van der Waals surface area (Å²) in [5.74, 6) is 0.144. The largest absolute Gasteiger partial charge is 0.497 e. The van der Waals surface area contributed by atoms with E-state index >= 15 is 0 Å². The molecule has 2 aliphatic rings. The van der Waals surface area contributed by atoms with Crippen LogP contribution in [-0.4, -0.2) is 85.8 Å². The maximum absolute atomic E-state index is 14.1. The van der Waals surface area contributed by atoms with Crippen molar-refractivity contribution in [2.24, 2.45) is 0 Å². The molecular formula is C34H44N4O7S. The first kappa shape index (κ1) is 35.1. The van der Waals surface area contributed by atoms with E-state index in [9.17, 15) is 23.1 Å². The predicted molar refractivity (Wildman–Crippen MR) is 179 cm³/mol. The first-order valence-corrected chi connectivity index (χ1v) is 16.5. The van der Waals surface area contributed by atoms with E-state index in [1.165, 1.54) is 0 Å². The highest BCUT2D eigenvalue weighted by Gasteiger charge is 2.33. The maximum atomic E-state index is 14.1. The number of allylic oxidation sites excluding steroid dienone is 2. The van der Waals surface area contributed by atoms with Gasteiger partial charge in [-0.1, -0.05) is 43.3 Å². The van der Waals surface area contributed by atoms with Crippen molar-refractivity contribution in [2.75, 3.05) is 31.7 Å². The molecule has 5 N–H and O–H groups in total. The van der Waals surface area contributed by atoms with Crippen molar-refractivity contribution in [3.05, 3.63) is 77.4 Å². The number of anilines is 1. The molecule has 4 rings (SSSR count). The number of aryl methyl sites for hydroxylation is 1. The average Bonchev–Trinajstić information content (AvgIpc) is 3.15. The number of β-amino-alcohol motifs (C(OH)–C–C–N with tert-alkyl or cyclic N) is 1. The van der Waals surface area contributed by atoms with E-state index in [-0.39, 0.29) is 42.8 Å². The number of amides is 2. The molecule has 1 aliphatic heterocycles. The van der Waals surface area contributed by atoms with Gasteiger partial charge >= 0.3 is 0 Å². The highest BCUT2D eigenvalue weighted by atomic mass is 32.2. The van der Waals surface area contributed by atoms with E-state index in [0.29, 0.717) is 25.1 Å². The zero-order valence-corrected chi connectivity index (χ0v) is 27.6. The summed E-state index contributed by atoms with van der Waals surface area (Å²) in [6.07, 6.45) is 5.32. The Kier molecular flexibility index (Phi) is 11.9. The van der Waals surface area contributed by atoms with Gasteiger partial charge in [-0.2, -0.15) is 8.42 Å². The summed E-state index contributed by atoms with van der Waals surface area (Å²) >= 11 is 0. The Morgan fingerprint density at radius 2 is 1.91 bits per heavy atom. The molecule has 0 bridgehead atoms. The van der Waals surface area contributed by atoms with Crippen molar-refractivity contribution in [1.29, 1.82) is 0 Å². The van der Waals surface area contributed by atoms with Crippen LogP contribution in [0.2, 0.25) is 0 Å². The Bertz CT molecular complexity index is 1610. The number of methoxy groups -OCH3 is 1. The SMILES string of the molecule is CCNC1C(c2ccc(CN3C(=O)[C@H](NC(=O)CC(C)(C)NC[C@H](O)CO)CCc4cc(OC)ccc43)cc2)=CC=CC1=S(=O)=O. The van der Waals surface area contributed by atoms with Gasteiger partial charge in [-0.3, -0.25) is 9.59 Å². The molecule has 0 radical (unpaired) electrons. The van der Waals surface area contributed by atoms with E-state index in [4.69, 9.17) is 9.84 Å². The normalized spacial score (nSPS) is 18.8. The van der Waals surface area contributed by atoms with Crippen LogP contribution in [0.3, 0.4) is 0 Å². The van der Waals surface area contributed by atoms with Crippen LogP contribution in [0.5, 0.6) is 5.75 Å². The number of carbonyl (C=O) groups excluding carboxylic acids is 2. The minimum atomic E-state index is -2.36. The fourth-order valence-electron chi connectivity index (χ4n) is 5.75. The number of aliphatic hydroxyl groups is 2. The summed E-state index contributed by atoms with van der Waals surface area (Å²) in [5.41, 5.74) is 3.56. The quantitative estimate of drug-likeness (QED) is 0.204. The third kappa shape index (κ3) is 8.71. The molecular weight excluding hydrogens is 608 g/mol. The van der Waals surface area contributed by atoms with Crippen LogP contribution in [0, 0.1) is 0 Å². The molecule has 2 aromatic rings. The molecule has 248 valence electrons. The average molecular weight is 653 g/mol. The van der Waals surface area contributed by atoms with Crippen LogP contribution >= 0.6 is 0 Å². The number of hydrogen-bond donors (Lipinski definition) is 5. The number of aliphatic hydroxyl groups excluding tert-OH is 2. The number of benzene rings is 2. The molecule has 46 heavy (non-hydrogen) atoms. The van der Waals surface area contributed by atoms with Crippen LogP contribution in [0.15, 0.2) is 60.7 Å². The van der Waals surface area contributed by atoms with Gasteiger partial charge in [-0.05, 0) is 79.8 Å². The van der Waals surface area contributed by atoms with E-state index in [2.05, 4.69) is 16.0 Å². The lowest BCUT2D eigenvalue weighted by Crippen LogP contribution is -2.51.